The fourth-order valence-electron chi connectivity index (χ4n) is 5.31. The van der Waals surface area contributed by atoms with E-state index in [1.54, 1.807) is 17.2 Å². The number of piperazine rings is 1. The highest BCUT2D eigenvalue weighted by molar-refractivity contribution is 5.98. The molecule has 6 nitrogen and oxygen atoms in total. The summed E-state index contributed by atoms with van der Waals surface area (Å²) in [6.45, 7) is 7.92. The number of fused-ring (bicyclic) bond motifs is 1. The lowest BCUT2D eigenvalue weighted by Gasteiger charge is -2.36. The zero-order valence-electron chi connectivity index (χ0n) is 20.4. The van der Waals surface area contributed by atoms with Crippen LogP contribution in [-0.2, 0) is 13.1 Å². The van der Waals surface area contributed by atoms with Crippen LogP contribution in [0.25, 0.3) is 10.9 Å². The predicted octanol–water partition coefficient (Wildman–Crippen LogP) is 4.11. The molecule has 7 heteroatoms. The van der Waals surface area contributed by atoms with Crippen molar-refractivity contribution < 1.29 is 9.18 Å². The Balaban J connectivity index is 1.40. The number of nitrogens with zero attached hydrogens (tertiary/aromatic N) is 4. The summed E-state index contributed by atoms with van der Waals surface area (Å²) in [7, 11) is 0. The number of carbonyl (C=O) groups excluding carboxylic acids is 1. The molecule has 0 aliphatic carbocycles. The van der Waals surface area contributed by atoms with Crippen molar-refractivity contribution in [3.63, 3.8) is 0 Å². The summed E-state index contributed by atoms with van der Waals surface area (Å²) in [4.78, 5) is 32.6. The topological polar surface area (TPSA) is 48.8 Å². The molecule has 0 N–H and O–H groups in total. The molecule has 3 aromatic rings. The molecular formula is C28H33FN4O2. The minimum Gasteiger partial charge on any atom is -0.367 e. The quantitative estimate of drug-likeness (QED) is 0.556. The SMILES string of the molecule is CCn1cc(C(=O)N2CCCCC2)c(=O)c2cc(F)c(N3CCN(Cc4ccccc4)CC3)cc21. The number of benzene rings is 2. The van der Waals surface area contributed by atoms with Crippen molar-refractivity contribution in [2.24, 2.45) is 0 Å². The van der Waals surface area contributed by atoms with Crippen molar-refractivity contribution in [1.82, 2.24) is 14.4 Å². The van der Waals surface area contributed by atoms with Gasteiger partial charge in [-0.1, -0.05) is 30.3 Å². The predicted molar refractivity (Wildman–Crippen MR) is 138 cm³/mol. The van der Waals surface area contributed by atoms with Crippen LogP contribution in [0, 0.1) is 5.82 Å². The number of halogens is 1. The van der Waals surface area contributed by atoms with E-state index in [1.807, 2.05) is 17.6 Å². The van der Waals surface area contributed by atoms with Crippen LogP contribution in [0.1, 0.15) is 42.1 Å². The molecule has 0 bridgehead atoms. The number of pyridine rings is 1. The highest BCUT2D eigenvalue weighted by Gasteiger charge is 2.25. The third kappa shape index (κ3) is 4.82. The Morgan fingerprint density at radius 3 is 2.34 bits per heavy atom. The number of aromatic nitrogens is 1. The Bertz CT molecular complexity index is 1260. The highest BCUT2D eigenvalue weighted by Crippen LogP contribution is 2.27. The first-order valence-corrected chi connectivity index (χ1v) is 12.7. The number of hydrogen-bond acceptors (Lipinski definition) is 4. The second-order valence-corrected chi connectivity index (χ2v) is 9.58. The fraction of sp³-hybridized carbons (Fsp3) is 0.429. The Morgan fingerprint density at radius 2 is 1.66 bits per heavy atom. The van der Waals surface area contributed by atoms with Gasteiger partial charge in [0, 0.05) is 63.9 Å². The maximum absolute atomic E-state index is 15.4. The molecule has 1 amide bonds. The average Bonchev–Trinajstić information content (AvgIpc) is 2.90. The van der Waals surface area contributed by atoms with Gasteiger partial charge < -0.3 is 14.4 Å². The molecule has 2 aromatic carbocycles. The van der Waals surface area contributed by atoms with Crippen LogP contribution in [0.5, 0.6) is 0 Å². The third-order valence-corrected chi connectivity index (χ3v) is 7.33. The van der Waals surface area contributed by atoms with Gasteiger partial charge in [0.1, 0.15) is 11.4 Å². The number of amides is 1. The lowest BCUT2D eigenvalue weighted by Crippen LogP contribution is -2.46. The Hall–Kier alpha value is -3.19. The summed E-state index contributed by atoms with van der Waals surface area (Å²) in [5.41, 5.74) is 2.24. The summed E-state index contributed by atoms with van der Waals surface area (Å²) in [5.74, 6) is -0.644. The van der Waals surface area contributed by atoms with Crippen LogP contribution < -0.4 is 10.3 Å². The first-order chi connectivity index (χ1) is 17.0. The second kappa shape index (κ2) is 10.2. The zero-order chi connectivity index (χ0) is 24.4. The van der Waals surface area contributed by atoms with E-state index in [0.717, 1.165) is 52.0 Å². The standard InChI is InChI=1S/C28H33FN4O2/c1-2-31-20-23(28(35)33-11-7-4-8-12-33)27(34)22-17-24(29)26(18-25(22)31)32-15-13-30(14-16-32)19-21-9-5-3-6-10-21/h3,5-6,9-10,17-18,20H,2,4,7-8,11-16,19H2,1H3. The van der Waals surface area contributed by atoms with Gasteiger partial charge in [-0.05, 0) is 43.9 Å². The number of likely N-dealkylation sites (tertiary alicyclic amines) is 1. The monoisotopic (exact) mass is 476 g/mol. The molecule has 1 aromatic heterocycles. The molecule has 5 rings (SSSR count). The lowest BCUT2D eigenvalue weighted by atomic mass is 10.1. The Labute approximate surface area is 205 Å². The molecule has 184 valence electrons. The van der Waals surface area contributed by atoms with E-state index in [1.165, 1.54) is 11.6 Å². The number of piperidine rings is 1. The lowest BCUT2D eigenvalue weighted by molar-refractivity contribution is 0.0722. The van der Waals surface area contributed by atoms with Crippen LogP contribution in [0.15, 0.2) is 53.5 Å². The third-order valence-electron chi connectivity index (χ3n) is 7.33. The van der Waals surface area contributed by atoms with Gasteiger partial charge in [0.25, 0.3) is 5.91 Å². The first-order valence-electron chi connectivity index (χ1n) is 12.7. The van der Waals surface area contributed by atoms with E-state index in [-0.39, 0.29) is 22.3 Å². The maximum atomic E-state index is 15.4. The molecule has 0 atom stereocenters. The van der Waals surface area contributed by atoms with Crippen LogP contribution in [0.4, 0.5) is 10.1 Å². The van der Waals surface area contributed by atoms with Crippen molar-refractivity contribution in [1.29, 1.82) is 0 Å². The minimum atomic E-state index is -0.406. The number of aryl methyl sites for hydroxylation is 1. The van der Waals surface area contributed by atoms with Gasteiger partial charge in [0.05, 0.1) is 11.2 Å². The Kier molecular flexibility index (Phi) is 6.86. The molecule has 3 heterocycles. The summed E-state index contributed by atoms with van der Waals surface area (Å²) in [5, 5.41) is 0.277. The van der Waals surface area contributed by atoms with Crippen LogP contribution in [0.2, 0.25) is 0 Å². The summed E-state index contributed by atoms with van der Waals surface area (Å²) < 4.78 is 17.3. The largest absolute Gasteiger partial charge is 0.367 e. The van der Waals surface area contributed by atoms with E-state index in [4.69, 9.17) is 0 Å². The van der Waals surface area contributed by atoms with Gasteiger partial charge >= 0.3 is 0 Å². The smallest absolute Gasteiger partial charge is 0.259 e. The first kappa shape index (κ1) is 23.5. The molecule has 2 aliphatic rings. The molecule has 0 saturated carbocycles. The average molecular weight is 477 g/mol. The number of rotatable bonds is 5. The molecule has 2 fully saturated rings. The van der Waals surface area contributed by atoms with Gasteiger partial charge in [-0.25, -0.2) is 4.39 Å². The molecule has 2 saturated heterocycles. The van der Waals surface area contributed by atoms with Gasteiger partial charge in [0.2, 0.25) is 5.43 Å². The van der Waals surface area contributed by atoms with E-state index in [2.05, 4.69) is 34.1 Å². The van der Waals surface area contributed by atoms with Gasteiger partial charge in [0.15, 0.2) is 0 Å². The van der Waals surface area contributed by atoms with Gasteiger partial charge in [-0.3, -0.25) is 14.5 Å². The van der Waals surface area contributed by atoms with Gasteiger partial charge in [-0.2, -0.15) is 0 Å². The summed E-state index contributed by atoms with van der Waals surface area (Å²) in [6, 6.07) is 13.5. The zero-order valence-corrected chi connectivity index (χ0v) is 20.4. The molecule has 0 radical (unpaired) electrons. The Morgan fingerprint density at radius 1 is 0.943 bits per heavy atom. The van der Waals surface area contributed by atoms with Crippen LogP contribution in [0.3, 0.4) is 0 Å². The fourth-order valence-corrected chi connectivity index (χ4v) is 5.31. The maximum Gasteiger partial charge on any atom is 0.259 e. The number of hydrogen-bond donors (Lipinski definition) is 0. The molecule has 35 heavy (non-hydrogen) atoms. The van der Waals surface area contributed by atoms with E-state index < -0.39 is 5.82 Å². The summed E-state index contributed by atoms with van der Waals surface area (Å²) in [6.07, 6.45) is 4.69. The second-order valence-electron chi connectivity index (χ2n) is 9.58. The van der Waals surface area contributed by atoms with Crippen molar-refractivity contribution in [2.45, 2.75) is 39.3 Å². The van der Waals surface area contributed by atoms with Crippen LogP contribution in [-0.4, -0.2) is 59.5 Å². The number of carbonyl (C=O) groups is 1. The van der Waals surface area contributed by atoms with Gasteiger partial charge in [-0.15, -0.1) is 0 Å². The van der Waals surface area contributed by atoms with E-state index >= 15 is 4.39 Å². The highest BCUT2D eigenvalue weighted by atomic mass is 19.1. The molecule has 0 unspecified atom stereocenters. The number of anilines is 1. The van der Waals surface area contributed by atoms with E-state index in [0.29, 0.717) is 30.8 Å². The van der Waals surface area contributed by atoms with Crippen molar-refractivity contribution in [3.8, 4) is 0 Å². The normalized spacial score (nSPS) is 17.2. The minimum absolute atomic E-state index is 0.142. The van der Waals surface area contributed by atoms with Crippen molar-refractivity contribution >= 4 is 22.5 Å². The molecule has 2 aliphatic heterocycles. The molecular weight excluding hydrogens is 443 g/mol. The summed E-state index contributed by atoms with van der Waals surface area (Å²) >= 11 is 0. The van der Waals surface area contributed by atoms with Crippen LogP contribution >= 0.6 is 0 Å². The van der Waals surface area contributed by atoms with Crippen molar-refractivity contribution in [3.05, 3.63) is 75.8 Å². The van der Waals surface area contributed by atoms with Crippen molar-refractivity contribution in [2.75, 3.05) is 44.2 Å². The van der Waals surface area contributed by atoms with E-state index in [9.17, 15) is 9.59 Å². The molecule has 0 spiro atoms.